The van der Waals surface area contributed by atoms with Crippen LogP contribution in [0.3, 0.4) is 0 Å². The molecule has 0 heterocycles. The summed E-state index contributed by atoms with van der Waals surface area (Å²) in [7, 11) is 0. The molecule has 7 aromatic rings. The predicted octanol–water partition coefficient (Wildman–Crippen LogP) is 11.8. The van der Waals surface area contributed by atoms with E-state index in [2.05, 4.69) is 163 Å². The van der Waals surface area contributed by atoms with E-state index in [0.717, 1.165) is 33.2 Å². The van der Waals surface area contributed by atoms with E-state index in [1.807, 2.05) is 12.1 Å². The first-order chi connectivity index (χ1) is 22.2. The SMILES string of the molecule is Clc1ccc(-c2cc(N(c3ccccc3)c3ccccc3)c3c(c2)C2(c4ccccc4-c4ccccc42)c2ccccc2-3)cc1. The Morgan fingerprint density at radius 3 is 1.42 bits per heavy atom. The van der Waals surface area contributed by atoms with Crippen LogP contribution >= 0.6 is 11.6 Å². The first kappa shape index (κ1) is 26.1. The number of halogens is 1. The summed E-state index contributed by atoms with van der Waals surface area (Å²) in [4.78, 5) is 2.42. The number of fused-ring (bicyclic) bond motifs is 10. The zero-order valence-electron chi connectivity index (χ0n) is 24.5. The number of hydrogen-bond donors (Lipinski definition) is 0. The van der Waals surface area contributed by atoms with Gasteiger partial charge in [-0.15, -0.1) is 0 Å². The molecule has 0 aliphatic heterocycles. The molecule has 0 bridgehead atoms. The minimum absolute atomic E-state index is 0.449. The minimum atomic E-state index is -0.449. The fourth-order valence-electron chi connectivity index (χ4n) is 7.76. The molecule has 1 spiro atoms. The summed E-state index contributed by atoms with van der Waals surface area (Å²) in [6.07, 6.45) is 0. The first-order valence-corrected chi connectivity index (χ1v) is 15.8. The Labute approximate surface area is 268 Å². The van der Waals surface area contributed by atoms with E-state index in [1.54, 1.807) is 0 Å². The molecule has 7 aromatic carbocycles. The van der Waals surface area contributed by atoms with Crippen LogP contribution in [0.4, 0.5) is 17.1 Å². The maximum Gasteiger partial charge on any atom is 0.0726 e. The van der Waals surface area contributed by atoms with E-state index >= 15 is 0 Å². The zero-order chi connectivity index (χ0) is 30.0. The van der Waals surface area contributed by atoms with Crippen molar-refractivity contribution in [2.24, 2.45) is 0 Å². The molecule has 0 N–H and O–H groups in total. The van der Waals surface area contributed by atoms with Crippen molar-refractivity contribution < 1.29 is 0 Å². The molecular formula is C43H28ClN. The average Bonchev–Trinajstić information content (AvgIpc) is 3.57. The molecule has 9 rings (SSSR count). The lowest BCUT2D eigenvalue weighted by molar-refractivity contribution is 0.794. The molecule has 1 nitrogen and oxygen atoms in total. The fourth-order valence-corrected chi connectivity index (χ4v) is 7.89. The Bertz CT molecular complexity index is 2130. The van der Waals surface area contributed by atoms with Crippen LogP contribution in [0.2, 0.25) is 5.02 Å². The summed E-state index contributed by atoms with van der Waals surface area (Å²) in [5.74, 6) is 0. The predicted molar refractivity (Wildman–Crippen MR) is 188 cm³/mol. The molecule has 0 aromatic heterocycles. The maximum atomic E-state index is 6.40. The number of rotatable bonds is 4. The largest absolute Gasteiger partial charge is 0.310 e. The molecule has 0 radical (unpaired) electrons. The van der Waals surface area contributed by atoms with Gasteiger partial charge >= 0.3 is 0 Å². The molecule has 212 valence electrons. The van der Waals surface area contributed by atoms with Gasteiger partial charge in [0.2, 0.25) is 0 Å². The molecule has 0 unspecified atom stereocenters. The highest BCUT2D eigenvalue weighted by Crippen LogP contribution is 2.65. The van der Waals surface area contributed by atoms with E-state index in [1.165, 1.54) is 44.5 Å². The van der Waals surface area contributed by atoms with Crippen LogP contribution in [0.1, 0.15) is 22.3 Å². The molecule has 0 fully saturated rings. The van der Waals surface area contributed by atoms with Gasteiger partial charge in [-0.1, -0.05) is 133 Å². The van der Waals surface area contributed by atoms with Crippen LogP contribution in [0, 0.1) is 0 Å². The molecule has 2 heteroatoms. The lowest BCUT2D eigenvalue weighted by Crippen LogP contribution is -2.26. The molecule has 0 saturated heterocycles. The summed E-state index contributed by atoms with van der Waals surface area (Å²) < 4.78 is 0. The second-order valence-corrected chi connectivity index (χ2v) is 12.3. The van der Waals surface area contributed by atoms with E-state index < -0.39 is 5.41 Å². The molecule has 2 aliphatic rings. The Morgan fingerprint density at radius 1 is 0.400 bits per heavy atom. The van der Waals surface area contributed by atoms with Gasteiger partial charge in [-0.05, 0) is 98.6 Å². The monoisotopic (exact) mass is 593 g/mol. The number of para-hydroxylation sites is 2. The van der Waals surface area contributed by atoms with E-state index in [-0.39, 0.29) is 0 Å². The van der Waals surface area contributed by atoms with Gasteiger partial charge in [-0.2, -0.15) is 0 Å². The summed E-state index contributed by atoms with van der Waals surface area (Å²) in [5.41, 5.74) is 15.7. The van der Waals surface area contributed by atoms with Gasteiger partial charge in [0.1, 0.15) is 0 Å². The normalized spacial score (nSPS) is 13.2. The quantitative estimate of drug-likeness (QED) is 0.196. The number of benzene rings is 7. The van der Waals surface area contributed by atoms with Gasteiger partial charge in [-0.25, -0.2) is 0 Å². The molecule has 2 aliphatic carbocycles. The highest BCUT2D eigenvalue weighted by molar-refractivity contribution is 6.30. The van der Waals surface area contributed by atoms with Crippen LogP contribution in [0.25, 0.3) is 33.4 Å². The van der Waals surface area contributed by atoms with Gasteiger partial charge < -0.3 is 4.90 Å². The Morgan fingerprint density at radius 2 is 0.867 bits per heavy atom. The lowest BCUT2D eigenvalue weighted by Gasteiger charge is -2.32. The molecule has 0 saturated carbocycles. The summed E-state index contributed by atoms with van der Waals surface area (Å²) in [5, 5.41) is 0.734. The van der Waals surface area contributed by atoms with Crippen LogP contribution in [-0.2, 0) is 5.41 Å². The Kier molecular flexibility index (Phi) is 5.84. The second kappa shape index (κ2) is 10.1. The van der Waals surface area contributed by atoms with Crippen molar-refractivity contribution in [2.45, 2.75) is 5.41 Å². The van der Waals surface area contributed by atoms with Crippen LogP contribution in [0.15, 0.2) is 170 Å². The zero-order valence-corrected chi connectivity index (χ0v) is 25.2. The van der Waals surface area contributed by atoms with E-state index in [0.29, 0.717) is 0 Å². The maximum absolute atomic E-state index is 6.40. The highest BCUT2D eigenvalue weighted by atomic mass is 35.5. The summed E-state index contributed by atoms with van der Waals surface area (Å²) in [6, 6.07) is 61.5. The molecular weight excluding hydrogens is 566 g/mol. The third-order valence-electron chi connectivity index (χ3n) is 9.52. The van der Waals surface area contributed by atoms with Gasteiger partial charge in [-0.3, -0.25) is 0 Å². The van der Waals surface area contributed by atoms with Crippen molar-refractivity contribution in [1.82, 2.24) is 0 Å². The fraction of sp³-hybridized carbons (Fsp3) is 0.0233. The topological polar surface area (TPSA) is 3.24 Å². The van der Waals surface area contributed by atoms with Crippen molar-refractivity contribution >= 4 is 28.7 Å². The molecule has 0 atom stereocenters. The van der Waals surface area contributed by atoms with Crippen molar-refractivity contribution in [3.63, 3.8) is 0 Å². The standard InChI is InChI=1S/C43H28ClN/c44-31-25-23-29(24-26-31)30-27-40-42(41(28-30)45(32-13-3-1-4-14-32)33-15-5-2-6-16-33)36-19-9-12-22-39(36)43(40)37-20-10-7-17-34(37)35-18-8-11-21-38(35)43/h1-28H. The Hall–Kier alpha value is -5.37. The summed E-state index contributed by atoms with van der Waals surface area (Å²) in [6.45, 7) is 0. The first-order valence-electron chi connectivity index (χ1n) is 15.4. The third kappa shape index (κ3) is 3.75. The van der Waals surface area contributed by atoms with Crippen LogP contribution < -0.4 is 4.90 Å². The van der Waals surface area contributed by atoms with Crippen LogP contribution in [0.5, 0.6) is 0 Å². The highest BCUT2D eigenvalue weighted by Gasteiger charge is 2.52. The third-order valence-corrected chi connectivity index (χ3v) is 9.77. The van der Waals surface area contributed by atoms with Crippen LogP contribution in [-0.4, -0.2) is 0 Å². The second-order valence-electron chi connectivity index (χ2n) is 11.8. The molecule has 0 amide bonds. The van der Waals surface area contributed by atoms with Crippen molar-refractivity contribution in [2.75, 3.05) is 4.90 Å². The summed E-state index contributed by atoms with van der Waals surface area (Å²) >= 11 is 6.40. The lowest BCUT2D eigenvalue weighted by atomic mass is 9.70. The van der Waals surface area contributed by atoms with Gasteiger partial charge in [0.05, 0.1) is 11.1 Å². The smallest absolute Gasteiger partial charge is 0.0726 e. The van der Waals surface area contributed by atoms with Crippen molar-refractivity contribution in [3.8, 4) is 33.4 Å². The number of anilines is 3. The van der Waals surface area contributed by atoms with E-state index in [9.17, 15) is 0 Å². The average molecular weight is 594 g/mol. The number of nitrogens with zero attached hydrogens (tertiary/aromatic N) is 1. The van der Waals surface area contributed by atoms with Gasteiger partial charge in [0.25, 0.3) is 0 Å². The van der Waals surface area contributed by atoms with Crippen molar-refractivity contribution in [3.05, 3.63) is 197 Å². The Balaban J connectivity index is 1.46. The minimum Gasteiger partial charge on any atom is -0.310 e. The van der Waals surface area contributed by atoms with Gasteiger partial charge in [0.15, 0.2) is 0 Å². The number of hydrogen-bond acceptors (Lipinski definition) is 1. The molecule has 45 heavy (non-hydrogen) atoms. The van der Waals surface area contributed by atoms with Crippen molar-refractivity contribution in [1.29, 1.82) is 0 Å². The van der Waals surface area contributed by atoms with E-state index in [4.69, 9.17) is 11.6 Å². The van der Waals surface area contributed by atoms with Gasteiger partial charge in [0, 0.05) is 22.0 Å².